The Morgan fingerprint density at radius 1 is 0.875 bits per heavy atom. The molecule has 0 bridgehead atoms. The Bertz CT molecular complexity index is 326. The van der Waals surface area contributed by atoms with Gasteiger partial charge in [-0.25, -0.2) is 0 Å². The highest BCUT2D eigenvalue weighted by atomic mass is 16.3. The fraction of sp³-hybridized carbons (Fsp3) is 0.714. The van der Waals surface area contributed by atoms with Crippen molar-refractivity contribution in [3.8, 4) is 24.7 Å². The first-order valence-corrected chi connectivity index (χ1v) is 5.96. The number of terminal acetylenes is 2. The minimum Gasteiger partial charge on any atom is -0.377 e. The van der Waals surface area contributed by atoms with Crippen LogP contribution in [0.5, 0.6) is 0 Å². The molecule has 2 saturated carbocycles. The van der Waals surface area contributed by atoms with E-state index in [-0.39, 0.29) is 11.8 Å². The lowest BCUT2D eigenvalue weighted by molar-refractivity contribution is -0.115. The highest BCUT2D eigenvalue weighted by Gasteiger charge is 2.52. The van der Waals surface area contributed by atoms with Crippen LogP contribution < -0.4 is 0 Å². The lowest BCUT2D eigenvalue weighted by Gasteiger charge is -2.50. The van der Waals surface area contributed by atoms with Gasteiger partial charge in [-0.3, -0.25) is 0 Å². The van der Waals surface area contributed by atoms with Gasteiger partial charge in [-0.2, -0.15) is 0 Å². The predicted octanol–water partition coefficient (Wildman–Crippen LogP) is 1.32. The van der Waals surface area contributed by atoms with Crippen molar-refractivity contribution < 1.29 is 10.2 Å². The van der Waals surface area contributed by atoms with Crippen LogP contribution in [0.2, 0.25) is 0 Å². The number of aliphatic hydroxyl groups is 2. The van der Waals surface area contributed by atoms with Gasteiger partial charge in [0.25, 0.3) is 0 Å². The Labute approximate surface area is 97.1 Å². The van der Waals surface area contributed by atoms with Gasteiger partial charge in [-0.1, -0.05) is 11.8 Å². The average Bonchev–Trinajstić information content (AvgIpc) is 2.31. The molecule has 2 nitrogen and oxygen atoms in total. The number of hydrogen-bond donors (Lipinski definition) is 2. The molecule has 0 aliphatic heterocycles. The smallest absolute Gasteiger partial charge is 0.128 e. The summed E-state index contributed by atoms with van der Waals surface area (Å²) < 4.78 is 0. The Hall–Kier alpha value is -0.960. The van der Waals surface area contributed by atoms with Crippen molar-refractivity contribution in [3.05, 3.63) is 0 Å². The normalized spacial score (nSPS) is 47.5. The molecule has 2 aliphatic carbocycles. The van der Waals surface area contributed by atoms with Crippen LogP contribution in [-0.4, -0.2) is 21.4 Å². The van der Waals surface area contributed by atoms with Crippen molar-refractivity contribution in [1.82, 2.24) is 0 Å². The van der Waals surface area contributed by atoms with Gasteiger partial charge < -0.3 is 10.2 Å². The molecule has 4 atom stereocenters. The van der Waals surface area contributed by atoms with Gasteiger partial charge in [0.1, 0.15) is 11.2 Å². The average molecular weight is 218 g/mol. The third kappa shape index (κ3) is 1.54. The second-order valence-corrected chi connectivity index (χ2v) is 5.13. The highest BCUT2D eigenvalue weighted by molar-refractivity contribution is 5.21. The van der Waals surface area contributed by atoms with Crippen LogP contribution in [0.15, 0.2) is 0 Å². The second-order valence-electron chi connectivity index (χ2n) is 5.13. The molecule has 0 amide bonds. The molecule has 0 heterocycles. The van der Waals surface area contributed by atoms with E-state index in [2.05, 4.69) is 11.8 Å². The first-order chi connectivity index (χ1) is 7.56. The molecule has 0 spiro atoms. The summed E-state index contributed by atoms with van der Waals surface area (Å²) in [5.41, 5.74) is -2.12. The zero-order chi connectivity index (χ0) is 11.8. The molecule has 4 unspecified atom stereocenters. The molecular formula is C14H18O2. The van der Waals surface area contributed by atoms with Crippen LogP contribution in [0.1, 0.15) is 38.5 Å². The summed E-state index contributed by atoms with van der Waals surface area (Å²) in [6.45, 7) is 0. The van der Waals surface area contributed by atoms with E-state index in [0.29, 0.717) is 12.8 Å². The summed E-state index contributed by atoms with van der Waals surface area (Å²) in [6.07, 6.45) is 15.6. The minimum absolute atomic E-state index is 0.0407. The SMILES string of the molecule is C#CC1(O)CCCC2C1CCCC2(O)C#C. The summed E-state index contributed by atoms with van der Waals surface area (Å²) in [7, 11) is 0. The zero-order valence-corrected chi connectivity index (χ0v) is 9.45. The molecule has 0 saturated heterocycles. The summed E-state index contributed by atoms with van der Waals surface area (Å²) >= 11 is 0. The van der Waals surface area contributed by atoms with Crippen molar-refractivity contribution in [3.63, 3.8) is 0 Å². The van der Waals surface area contributed by atoms with Crippen molar-refractivity contribution >= 4 is 0 Å². The van der Waals surface area contributed by atoms with Gasteiger partial charge >= 0.3 is 0 Å². The van der Waals surface area contributed by atoms with Crippen molar-refractivity contribution in [1.29, 1.82) is 0 Å². The minimum atomic E-state index is -1.06. The van der Waals surface area contributed by atoms with Crippen LogP contribution in [0, 0.1) is 36.5 Å². The molecule has 0 aromatic heterocycles. The van der Waals surface area contributed by atoms with Gasteiger partial charge in [0, 0.05) is 11.8 Å². The van der Waals surface area contributed by atoms with Crippen LogP contribution in [0.4, 0.5) is 0 Å². The van der Waals surface area contributed by atoms with Gasteiger partial charge in [-0.15, -0.1) is 12.8 Å². The number of hydrogen-bond acceptors (Lipinski definition) is 2. The Kier molecular flexibility index (Phi) is 2.74. The maximum atomic E-state index is 10.4. The quantitative estimate of drug-likeness (QED) is 0.602. The molecule has 2 fully saturated rings. The van der Waals surface area contributed by atoms with Crippen molar-refractivity contribution in [2.75, 3.05) is 0 Å². The fourth-order valence-electron chi connectivity index (χ4n) is 3.46. The number of rotatable bonds is 0. The van der Waals surface area contributed by atoms with E-state index in [1.54, 1.807) is 0 Å². The molecule has 2 N–H and O–H groups in total. The highest BCUT2D eigenvalue weighted by Crippen LogP contribution is 2.49. The first-order valence-electron chi connectivity index (χ1n) is 5.96. The van der Waals surface area contributed by atoms with E-state index in [9.17, 15) is 10.2 Å². The van der Waals surface area contributed by atoms with Gasteiger partial charge in [0.05, 0.1) is 0 Å². The lowest BCUT2D eigenvalue weighted by Crippen LogP contribution is -2.54. The molecular weight excluding hydrogens is 200 g/mol. The van der Waals surface area contributed by atoms with E-state index in [1.165, 1.54) is 0 Å². The van der Waals surface area contributed by atoms with Crippen molar-refractivity contribution in [2.45, 2.75) is 49.7 Å². The van der Waals surface area contributed by atoms with E-state index >= 15 is 0 Å². The van der Waals surface area contributed by atoms with Gasteiger partial charge in [-0.05, 0) is 38.5 Å². The van der Waals surface area contributed by atoms with Crippen molar-refractivity contribution in [2.24, 2.45) is 11.8 Å². The molecule has 0 aromatic rings. The summed E-state index contributed by atoms with van der Waals surface area (Å²) in [5, 5.41) is 20.8. The molecule has 16 heavy (non-hydrogen) atoms. The van der Waals surface area contributed by atoms with Crippen LogP contribution in [-0.2, 0) is 0 Å². The molecule has 2 aliphatic rings. The Morgan fingerprint density at radius 2 is 1.25 bits per heavy atom. The Morgan fingerprint density at radius 3 is 1.56 bits per heavy atom. The lowest BCUT2D eigenvalue weighted by atomic mass is 9.58. The number of fused-ring (bicyclic) bond motifs is 1. The van der Waals surface area contributed by atoms with E-state index in [4.69, 9.17) is 12.8 Å². The topological polar surface area (TPSA) is 40.5 Å². The van der Waals surface area contributed by atoms with E-state index in [1.807, 2.05) is 0 Å². The van der Waals surface area contributed by atoms with Gasteiger partial charge in [0.2, 0.25) is 0 Å². The summed E-state index contributed by atoms with van der Waals surface area (Å²) in [5.74, 6) is 4.95. The van der Waals surface area contributed by atoms with Crippen LogP contribution in [0.3, 0.4) is 0 Å². The molecule has 86 valence electrons. The molecule has 0 aromatic carbocycles. The van der Waals surface area contributed by atoms with E-state index < -0.39 is 11.2 Å². The standard InChI is InChI=1S/C14H18O2/c1-3-13(15)9-5-8-12-11(13)7-6-10-14(12,16)4-2/h1-2,11-12,15-16H,5-10H2. The maximum absolute atomic E-state index is 10.4. The van der Waals surface area contributed by atoms with E-state index in [0.717, 1.165) is 25.7 Å². The van der Waals surface area contributed by atoms with Crippen LogP contribution >= 0.6 is 0 Å². The largest absolute Gasteiger partial charge is 0.377 e. The molecule has 2 heteroatoms. The molecule has 2 rings (SSSR count). The third-order valence-corrected chi connectivity index (χ3v) is 4.36. The molecule has 0 radical (unpaired) electrons. The van der Waals surface area contributed by atoms with Gasteiger partial charge in [0.15, 0.2) is 0 Å². The summed E-state index contributed by atoms with van der Waals surface area (Å²) in [4.78, 5) is 0. The Balaban J connectivity index is 2.33. The fourth-order valence-corrected chi connectivity index (χ4v) is 3.46. The summed E-state index contributed by atoms with van der Waals surface area (Å²) in [6, 6.07) is 0. The first kappa shape index (κ1) is 11.5. The maximum Gasteiger partial charge on any atom is 0.128 e. The third-order valence-electron chi connectivity index (χ3n) is 4.36. The monoisotopic (exact) mass is 218 g/mol. The van der Waals surface area contributed by atoms with Crippen LogP contribution in [0.25, 0.3) is 0 Å². The predicted molar refractivity (Wildman–Crippen MR) is 62.2 cm³/mol. The zero-order valence-electron chi connectivity index (χ0n) is 9.45. The second kappa shape index (κ2) is 3.81.